The zero-order valence-corrected chi connectivity index (χ0v) is 21.6. The molecule has 0 saturated carbocycles. The van der Waals surface area contributed by atoms with E-state index in [2.05, 4.69) is 45.2 Å². The number of aryl methyl sites for hydroxylation is 1. The van der Waals surface area contributed by atoms with Crippen molar-refractivity contribution >= 4 is 78.4 Å². The maximum Gasteiger partial charge on any atom is 0.270 e. The molecule has 0 aromatic heterocycles. The summed E-state index contributed by atoms with van der Waals surface area (Å²) >= 11 is 10.7. The van der Waals surface area contributed by atoms with Crippen LogP contribution in [0, 0.1) is 6.92 Å². The van der Waals surface area contributed by atoms with Gasteiger partial charge < -0.3 is 0 Å². The van der Waals surface area contributed by atoms with E-state index in [0.29, 0.717) is 16.3 Å². The Bertz CT molecular complexity index is 1230. The summed E-state index contributed by atoms with van der Waals surface area (Å²) in [6, 6.07) is 20.7. The van der Waals surface area contributed by atoms with Crippen LogP contribution < -0.4 is 4.31 Å². The fourth-order valence-electron chi connectivity index (χ4n) is 3.76. The lowest BCUT2D eigenvalue weighted by atomic mass is 9.77. The van der Waals surface area contributed by atoms with Gasteiger partial charge in [-0.05, 0) is 42.8 Å². The van der Waals surface area contributed by atoms with Crippen LogP contribution >= 0.6 is 56.8 Å². The molecule has 8 heteroatoms. The summed E-state index contributed by atoms with van der Waals surface area (Å²) in [5, 5.41) is 0.449. The Kier molecular flexibility index (Phi) is 5.93. The second-order valence-corrected chi connectivity index (χ2v) is 14.1. The molecule has 1 heterocycles. The third kappa shape index (κ3) is 3.28. The van der Waals surface area contributed by atoms with E-state index in [1.165, 1.54) is 12.1 Å². The molecule has 0 radical (unpaired) electrons. The second-order valence-electron chi connectivity index (χ2n) is 7.02. The largest absolute Gasteiger partial charge is 0.272 e. The van der Waals surface area contributed by atoms with E-state index in [1.807, 2.05) is 37.3 Å². The minimum Gasteiger partial charge on any atom is -0.272 e. The zero-order valence-electron chi connectivity index (χ0n) is 15.7. The molecule has 3 aromatic rings. The summed E-state index contributed by atoms with van der Waals surface area (Å²) in [5.74, 6) is -0.500. The average molecular weight is 664 g/mol. The quantitative estimate of drug-likeness (QED) is 0.260. The fourth-order valence-corrected chi connectivity index (χ4v) is 7.32. The van der Waals surface area contributed by atoms with Crippen LogP contribution in [0.4, 0.5) is 5.69 Å². The van der Waals surface area contributed by atoms with E-state index >= 15 is 0 Å². The van der Waals surface area contributed by atoms with E-state index in [4.69, 9.17) is 11.6 Å². The number of amides is 1. The number of halogens is 3. The van der Waals surface area contributed by atoms with Crippen LogP contribution in [-0.2, 0) is 20.2 Å². The molecular weight excluding hydrogens is 648 g/mol. The minimum atomic E-state index is -4.11. The van der Waals surface area contributed by atoms with Crippen LogP contribution in [0.5, 0.6) is 0 Å². The Morgan fingerprint density at radius 1 is 0.967 bits per heavy atom. The van der Waals surface area contributed by atoms with Crippen molar-refractivity contribution in [3.63, 3.8) is 0 Å². The summed E-state index contributed by atoms with van der Waals surface area (Å²) in [6.07, 6.45) is 0. The molecule has 1 unspecified atom stereocenters. The van der Waals surface area contributed by atoms with Gasteiger partial charge in [-0.2, -0.15) is 0 Å². The topological polar surface area (TPSA) is 54.5 Å². The van der Waals surface area contributed by atoms with Gasteiger partial charge >= 0.3 is 0 Å². The lowest BCUT2D eigenvalue weighted by molar-refractivity contribution is -0.120. The summed E-state index contributed by atoms with van der Waals surface area (Å²) in [6.45, 7) is 1.88. The molecular formula is C22H16ClI2NO3S. The number of rotatable bonds is 4. The highest BCUT2D eigenvalue weighted by Crippen LogP contribution is 2.54. The van der Waals surface area contributed by atoms with Crippen molar-refractivity contribution in [2.24, 2.45) is 0 Å². The molecule has 4 nitrogen and oxygen atoms in total. The highest BCUT2D eigenvalue weighted by Gasteiger charge is 2.58. The van der Waals surface area contributed by atoms with Crippen LogP contribution in [0.1, 0.15) is 16.7 Å². The number of alkyl halides is 2. The van der Waals surface area contributed by atoms with Crippen molar-refractivity contribution < 1.29 is 13.2 Å². The number of nitrogens with zero attached hydrogens (tertiary/aromatic N) is 1. The molecule has 4 rings (SSSR count). The molecule has 30 heavy (non-hydrogen) atoms. The third-order valence-corrected chi connectivity index (χ3v) is 9.05. The van der Waals surface area contributed by atoms with Crippen LogP contribution in [0.25, 0.3) is 0 Å². The van der Waals surface area contributed by atoms with Crippen molar-refractivity contribution in [2.75, 3.05) is 4.31 Å². The molecule has 0 spiro atoms. The third-order valence-electron chi connectivity index (χ3n) is 5.24. The summed E-state index contributed by atoms with van der Waals surface area (Å²) < 4.78 is 27.9. The molecule has 1 aliphatic heterocycles. The minimum absolute atomic E-state index is 0.0738. The van der Waals surface area contributed by atoms with Gasteiger partial charge in [0.2, 0.25) is 0 Å². The number of fused-ring (bicyclic) bond motifs is 1. The summed E-state index contributed by atoms with van der Waals surface area (Å²) in [4.78, 5) is 14.1. The lowest BCUT2D eigenvalue weighted by Gasteiger charge is -2.31. The van der Waals surface area contributed by atoms with Gasteiger partial charge in [-0.3, -0.25) is 4.79 Å². The van der Waals surface area contributed by atoms with Crippen molar-refractivity contribution in [1.29, 1.82) is 0 Å². The standard InChI is InChI=1S/C22H16ClI2NO3S/c1-14-7-10-17(11-8-14)30(28,29)26-19-12-9-16(23)13-18(19)22(20(24)25,21(26)27)15-5-3-2-4-6-15/h2-13,20H,1H3. The highest BCUT2D eigenvalue weighted by atomic mass is 127. The number of hydrogen-bond acceptors (Lipinski definition) is 3. The van der Waals surface area contributed by atoms with E-state index < -0.39 is 21.3 Å². The van der Waals surface area contributed by atoms with Gasteiger partial charge in [0.1, 0.15) is 5.41 Å². The first-order valence-electron chi connectivity index (χ1n) is 9.01. The molecule has 0 N–H and O–H groups in total. The maximum atomic E-state index is 14.0. The van der Waals surface area contributed by atoms with Crippen molar-refractivity contribution in [3.8, 4) is 0 Å². The molecule has 0 saturated heterocycles. The smallest absolute Gasteiger partial charge is 0.270 e. The molecule has 0 bridgehead atoms. The number of hydrogen-bond donors (Lipinski definition) is 0. The number of benzene rings is 3. The SMILES string of the molecule is Cc1ccc(S(=O)(=O)N2C(=O)C(c3ccccc3)(C(I)I)c3cc(Cl)ccc32)cc1. The Labute approximate surface area is 208 Å². The molecule has 1 aliphatic rings. The van der Waals surface area contributed by atoms with Crippen molar-refractivity contribution in [2.45, 2.75) is 19.2 Å². The van der Waals surface area contributed by atoms with E-state index in [1.54, 1.807) is 30.3 Å². The lowest BCUT2D eigenvalue weighted by Crippen LogP contribution is -2.47. The Balaban J connectivity index is 2.03. The first-order valence-corrected chi connectivity index (χ1v) is 13.3. The molecule has 1 amide bonds. The first kappa shape index (κ1) is 22.0. The first-order chi connectivity index (χ1) is 14.2. The molecule has 154 valence electrons. The number of carbonyl (C=O) groups excluding carboxylic acids is 1. The molecule has 0 aliphatic carbocycles. The highest BCUT2D eigenvalue weighted by molar-refractivity contribution is 14.2. The second kappa shape index (κ2) is 8.07. The average Bonchev–Trinajstić information content (AvgIpc) is 2.98. The van der Waals surface area contributed by atoms with Gasteiger partial charge in [0, 0.05) is 10.6 Å². The van der Waals surface area contributed by atoms with E-state index in [-0.39, 0.29) is 6.83 Å². The monoisotopic (exact) mass is 663 g/mol. The Hall–Kier alpha value is -1.17. The van der Waals surface area contributed by atoms with Crippen molar-refractivity contribution in [3.05, 3.63) is 94.5 Å². The van der Waals surface area contributed by atoms with E-state index in [9.17, 15) is 13.2 Å². The fraction of sp³-hybridized carbons (Fsp3) is 0.136. The van der Waals surface area contributed by atoms with Crippen molar-refractivity contribution in [1.82, 2.24) is 0 Å². The van der Waals surface area contributed by atoms with Gasteiger partial charge in [0.25, 0.3) is 15.9 Å². The molecule has 1 atom stereocenters. The van der Waals surface area contributed by atoms with Crippen LogP contribution in [-0.4, -0.2) is 16.3 Å². The van der Waals surface area contributed by atoms with Crippen LogP contribution in [0.3, 0.4) is 0 Å². The summed E-state index contributed by atoms with van der Waals surface area (Å²) in [7, 11) is -4.11. The summed E-state index contributed by atoms with van der Waals surface area (Å²) in [5.41, 5.74) is 1.42. The van der Waals surface area contributed by atoms with E-state index in [0.717, 1.165) is 15.4 Å². The molecule has 0 fully saturated rings. The Morgan fingerprint density at radius 3 is 2.20 bits per heavy atom. The van der Waals surface area contributed by atoms with Gasteiger partial charge in [-0.25, -0.2) is 12.7 Å². The van der Waals surface area contributed by atoms with Gasteiger partial charge in [0.15, 0.2) is 0 Å². The number of carbonyl (C=O) groups is 1. The molecule has 3 aromatic carbocycles. The van der Waals surface area contributed by atoms with Gasteiger partial charge in [-0.15, -0.1) is 0 Å². The number of sulfonamides is 1. The number of anilines is 1. The van der Waals surface area contributed by atoms with Gasteiger partial charge in [0.05, 0.1) is 12.5 Å². The normalized spacial score (nSPS) is 18.7. The van der Waals surface area contributed by atoms with Crippen LogP contribution in [0.15, 0.2) is 77.7 Å². The van der Waals surface area contributed by atoms with Crippen LogP contribution in [0.2, 0.25) is 5.02 Å². The Morgan fingerprint density at radius 2 is 1.60 bits per heavy atom. The van der Waals surface area contributed by atoms with Gasteiger partial charge in [-0.1, -0.05) is 105 Å². The predicted molar refractivity (Wildman–Crippen MR) is 136 cm³/mol. The maximum absolute atomic E-state index is 14.0. The zero-order chi connectivity index (χ0) is 21.7. The predicted octanol–water partition coefficient (Wildman–Crippen LogP) is 5.87.